The molecule has 0 saturated carbocycles. The molecule has 2 aromatic rings. The lowest BCUT2D eigenvalue weighted by Crippen LogP contribution is -2.41. The minimum absolute atomic E-state index is 0.0551. The minimum atomic E-state index is -0.157. The Morgan fingerprint density at radius 1 is 1.11 bits per heavy atom. The third-order valence-corrected chi connectivity index (χ3v) is 5.48. The monoisotopic (exact) mass is 420 g/mol. The Morgan fingerprint density at radius 2 is 1.82 bits per heavy atom. The van der Waals surface area contributed by atoms with E-state index in [9.17, 15) is 9.59 Å². The van der Waals surface area contributed by atoms with Crippen molar-refractivity contribution in [1.29, 1.82) is 0 Å². The molecule has 1 saturated heterocycles. The first-order valence-corrected chi connectivity index (χ1v) is 9.84. The number of benzene rings is 2. The first kappa shape index (κ1) is 20.5. The Labute approximate surface area is 174 Å². The zero-order valence-electron chi connectivity index (χ0n) is 15.8. The van der Waals surface area contributed by atoms with Crippen molar-refractivity contribution in [3.8, 4) is 5.75 Å². The number of anilines is 1. The van der Waals surface area contributed by atoms with E-state index in [1.165, 1.54) is 0 Å². The summed E-state index contributed by atoms with van der Waals surface area (Å²) >= 11 is 12.0. The summed E-state index contributed by atoms with van der Waals surface area (Å²) in [6.45, 7) is 2.96. The third-order valence-electron chi connectivity index (χ3n) is 4.93. The largest absolute Gasteiger partial charge is 0.495 e. The first-order chi connectivity index (χ1) is 13.4. The number of ether oxygens (including phenoxy) is 1. The molecule has 2 amide bonds. The normalized spacial score (nSPS) is 14.6. The van der Waals surface area contributed by atoms with Gasteiger partial charge in [0.2, 0.25) is 5.91 Å². The summed E-state index contributed by atoms with van der Waals surface area (Å²) < 4.78 is 5.32. The molecule has 148 valence electrons. The summed E-state index contributed by atoms with van der Waals surface area (Å²) in [6, 6.07) is 10.5. The van der Waals surface area contributed by atoms with Crippen LogP contribution in [0.4, 0.5) is 5.69 Å². The van der Waals surface area contributed by atoms with Crippen molar-refractivity contribution >= 4 is 40.7 Å². The van der Waals surface area contributed by atoms with Gasteiger partial charge in [-0.25, -0.2) is 0 Å². The number of nitrogens with zero attached hydrogens (tertiary/aromatic N) is 1. The molecule has 1 N–H and O–H groups in total. The highest BCUT2D eigenvalue weighted by Crippen LogP contribution is 2.28. The number of carbonyl (C=O) groups is 2. The first-order valence-electron chi connectivity index (χ1n) is 9.09. The maximum atomic E-state index is 12.7. The van der Waals surface area contributed by atoms with Crippen LogP contribution in [0.2, 0.25) is 10.0 Å². The smallest absolute Gasteiger partial charge is 0.255 e. The van der Waals surface area contributed by atoms with Crippen LogP contribution in [0.3, 0.4) is 0 Å². The van der Waals surface area contributed by atoms with Gasteiger partial charge in [-0.3, -0.25) is 9.59 Å². The summed E-state index contributed by atoms with van der Waals surface area (Å²) in [4.78, 5) is 27.1. The van der Waals surface area contributed by atoms with Crippen molar-refractivity contribution in [1.82, 2.24) is 4.90 Å². The zero-order valence-corrected chi connectivity index (χ0v) is 17.3. The summed E-state index contributed by atoms with van der Waals surface area (Å²) in [6.07, 6.45) is 1.19. The van der Waals surface area contributed by atoms with E-state index >= 15 is 0 Å². The SMILES string of the molecule is COc1ccc(C)cc1NC(=O)C1CCN(C(=O)c2ccc(Cl)cc2Cl)CC1. The Balaban J connectivity index is 1.61. The van der Waals surface area contributed by atoms with Crippen LogP contribution >= 0.6 is 23.2 Å². The van der Waals surface area contributed by atoms with Crippen molar-refractivity contribution in [3.05, 3.63) is 57.6 Å². The molecule has 1 aliphatic rings. The number of halogens is 2. The van der Waals surface area contributed by atoms with Gasteiger partial charge in [-0.1, -0.05) is 29.3 Å². The van der Waals surface area contributed by atoms with Crippen LogP contribution in [0, 0.1) is 12.8 Å². The molecule has 0 radical (unpaired) electrons. The lowest BCUT2D eigenvalue weighted by atomic mass is 9.95. The second-order valence-electron chi connectivity index (χ2n) is 6.88. The maximum Gasteiger partial charge on any atom is 0.255 e. The molecule has 5 nitrogen and oxygen atoms in total. The fourth-order valence-corrected chi connectivity index (χ4v) is 3.82. The number of nitrogens with one attached hydrogen (secondary N) is 1. The van der Waals surface area contributed by atoms with Gasteiger partial charge in [-0.15, -0.1) is 0 Å². The fourth-order valence-electron chi connectivity index (χ4n) is 3.33. The average molecular weight is 421 g/mol. The van der Waals surface area contributed by atoms with E-state index < -0.39 is 0 Å². The predicted octanol–water partition coefficient (Wildman–Crippen LogP) is 4.80. The van der Waals surface area contributed by atoms with Crippen LogP contribution in [0.15, 0.2) is 36.4 Å². The predicted molar refractivity (Wildman–Crippen MR) is 111 cm³/mol. The van der Waals surface area contributed by atoms with Gasteiger partial charge >= 0.3 is 0 Å². The van der Waals surface area contributed by atoms with E-state index in [2.05, 4.69) is 5.32 Å². The number of hydrogen-bond donors (Lipinski definition) is 1. The molecular formula is C21H22Cl2N2O3. The fraction of sp³-hybridized carbons (Fsp3) is 0.333. The number of hydrogen-bond acceptors (Lipinski definition) is 3. The van der Waals surface area contributed by atoms with E-state index in [1.54, 1.807) is 30.2 Å². The molecule has 1 fully saturated rings. The van der Waals surface area contributed by atoms with E-state index in [4.69, 9.17) is 27.9 Å². The molecule has 0 bridgehead atoms. The molecule has 0 unspecified atom stereocenters. The number of carbonyl (C=O) groups excluding carboxylic acids is 2. The topological polar surface area (TPSA) is 58.6 Å². The number of piperidine rings is 1. The van der Waals surface area contributed by atoms with Gasteiger partial charge in [0.15, 0.2) is 0 Å². The molecule has 7 heteroatoms. The summed E-state index contributed by atoms with van der Waals surface area (Å²) in [7, 11) is 1.58. The van der Waals surface area contributed by atoms with Crippen LogP contribution in [0.25, 0.3) is 0 Å². The summed E-state index contributed by atoms with van der Waals surface area (Å²) in [5.41, 5.74) is 2.13. The van der Waals surface area contributed by atoms with Crippen molar-refractivity contribution in [2.45, 2.75) is 19.8 Å². The standard InChI is InChI=1S/C21H22Cl2N2O3/c1-13-3-6-19(28-2)18(11-13)24-20(26)14-7-9-25(10-8-14)21(27)16-5-4-15(22)12-17(16)23/h3-6,11-12,14H,7-10H2,1-2H3,(H,24,26). The molecule has 0 spiro atoms. The number of likely N-dealkylation sites (tertiary alicyclic amines) is 1. The average Bonchev–Trinajstić information content (AvgIpc) is 2.68. The highest BCUT2D eigenvalue weighted by molar-refractivity contribution is 6.36. The van der Waals surface area contributed by atoms with Gasteiger partial charge in [0.1, 0.15) is 5.75 Å². The van der Waals surface area contributed by atoms with Gasteiger partial charge in [0.25, 0.3) is 5.91 Å². The molecule has 0 aliphatic carbocycles. The second kappa shape index (κ2) is 8.84. The molecule has 28 heavy (non-hydrogen) atoms. The van der Waals surface area contributed by atoms with E-state index in [1.807, 2.05) is 25.1 Å². The molecular weight excluding hydrogens is 399 g/mol. The van der Waals surface area contributed by atoms with Crippen LogP contribution in [-0.4, -0.2) is 36.9 Å². The highest BCUT2D eigenvalue weighted by Gasteiger charge is 2.29. The lowest BCUT2D eigenvalue weighted by molar-refractivity contribution is -0.121. The van der Waals surface area contributed by atoms with Crippen LogP contribution < -0.4 is 10.1 Å². The van der Waals surface area contributed by atoms with E-state index in [-0.39, 0.29) is 17.7 Å². The summed E-state index contributed by atoms with van der Waals surface area (Å²) in [5, 5.41) is 3.79. The Bertz CT molecular complexity index is 893. The number of methoxy groups -OCH3 is 1. The second-order valence-corrected chi connectivity index (χ2v) is 7.73. The molecule has 1 aliphatic heterocycles. The molecule has 1 heterocycles. The van der Waals surface area contributed by atoms with Crippen LogP contribution in [-0.2, 0) is 4.79 Å². The van der Waals surface area contributed by atoms with Crippen molar-refractivity contribution in [2.75, 3.05) is 25.5 Å². The van der Waals surface area contributed by atoms with Crippen molar-refractivity contribution in [3.63, 3.8) is 0 Å². The van der Waals surface area contributed by atoms with Gasteiger partial charge in [0, 0.05) is 24.0 Å². The Kier molecular flexibility index (Phi) is 6.47. The van der Waals surface area contributed by atoms with Crippen molar-refractivity contribution < 1.29 is 14.3 Å². The lowest BCUT2D eigenvalue weighted by Gasteiger charge is -2.31. The molecule has 2 aromatic carbocycles. The number of amides is 2. The molecule has 0 aromatic heterocycles. The van der Waals surface area contributed by atoms with Crippen LogP contribution in [0.1, 0.15) is 28.8 Å². The molecule has 3 rings (SSSR count). The maximum absolute atomic E-state index is 12.7. The summed E-state index contributed by atoms with van der Waals surface area (Å²) in [5.74, 6) is 0.278. The zero-order chi connectivity index (χ0) is 20.3. The van der Waals surface area contributed by atoms with E-state index in [0.29, 0.717) is 53.0 Å². The highest BCUT2D eigenvalue weighted by atomic mass is 35.5. The van der Waals surface area contributed by atoms with Gasteiger partial charge < -0.3 is 15.0 Å². The van der Waals surface area contributed by atoms with Gasteiger partial charge in [-0.05, 0) is 55.7 Å². The molecule has 0 atom stereocenters. The number of rotatable bonds is 4. The van der Waals surface area contributed by atoms with E-state index in [0.717, 1.165) is 5.56 Å². The minimum Gasteiger partial charge on any atom is -0.495 e. The van der Waals surface area contributed by atoms with Gasteiger partial charge in [0.05, 0.1) is 23.4 Å². The Hall–Kier alpha value is -2.24. The quantitative estimate of drug-likeness (QED) is 0.772. The van der Waals surface area contributed by atoms with Gasteiger partial charge in [-0.2, -0.15) is 0 Å². The number of aryl methyl sites for hydroxylation is 1. The van der Waals surface area contributed by atoms with Crippen molar-refractivity contribution in [2.24, 2.45) is 5.92 Å². The third kappa shape index (κ3) is 4.59. The van der Waals surface area contributed by atoms with Crippen LogP contribution in [0.5, 0.6) is 5.75 Å². The Morgan fingerprint density at radius 3 is 2.46 bits per heavy atom.